The van der Waals surface area contributed by atoms with Gasteiger partial charge in [0.05, 0.1) is 38.4 Å². The molecule has 2 aromatic carbocycles. The van der Waals surface area contributed by atoms with Crippen LogP contribution in [-0.2, 0) is 6.54 Å². The van der Waals surface area contributed by atoms with Crippen LogP contribution in [0.4, 0.5) is 0 Å². The van der Waals surface area contributed by atoms with Gasteiger partial charge in [-0.2, -0.15) is 0 Å². The van der Waals surface area contributed by atoms with Crippen molar-refractivity contribution in [2.45, 2.75) is 26.3 Å². The predicted molar refractivity (Wildman–Crippen MR) is 113 cm³/mol. The molecule has 0 aromatic heterocycles. The molecule has 2 heterocycles. The predicted octanol–water partition coefficient (Wildman–Crippen LogP) is 2.84. The van der Waals surface area contributed by atoms with Gasteiger partial charge in [0, 0.05) is 5.92 Å². The second-order valence-electron chi connectivity index (χ2n) is 8.12. The summed E-state index contributed by atoms with van der Waals surface area (Å²) < 4.78 is 16.6. The fourth-order valence-electron chi connectivity index (χ4n) is 4.37. The lowest BCUT2D eigenvalue weighted by Crippen LogP contribution is -3.12. The Labute approximate surface area is 176 Å². The number of likely N-dealkylation sites (tertiary alicyclic amines) is 1. The Kier molecular flexibility index (Phi) is 5.68. The molecule has 0 spiro atoms. The van der Waals surface area contributed by atoms with E-state index in [1.54, 1.807) is 44.6 Å². The highest BCUT2D eigenvalue weighted by Crippen LogP contribution is 2.39. The summed E-state index contributed by atoms with van der Waals surface area (Å²) in [5, 5.41) is 10.5. The number of fused-ring (bicyclic) bond motifs is 1. The largest absolute Gasteiger partial charge is 0.507 e. The molecule has 0 saturated carbocycles. The SMILES string of the molecule is COc1ccc(C=C2Oc3c(ccc(O)c3C[NH+]3CCC[C@H](C)C3)C2=O)cc1OC. The van der Waals surface area contributed by atoms with Crippen LogP contribution in [0.3, 0.4) is 0 Å². The van der Waals surface area contributed by atoms with E-state index in [0.717, 1.165) is 18.7 Å². The number of nitrogens with one attached hydrogen (secondary N) is 1. The van der Waals surface area contributed by atoms with Gasteiger partial charge in [0.25, 0.3) is 0 Å². The Hall–Kier alpha value is -2.99. The highest BCUT2D eigenvalue weighted by molar-refractivity contribution is 6.15. The number of phenols is 1. The third-order valence-electron chi connectivity index (χ3n) is 5.91. The minimum absolute atomic E-state index is 0.178. The molecule has 0 bridgehead atoms. The van der Waals surface area contributed by atoms with Crippen LogP contribution in [0.25, 0.3) is 6.08 Å². The normalized spacial score (nSPS) is 22.0. The molecule has 4 rings (SSSR count). The summed E-state index contributed by atoms with van der Waals surface area (Å²) in [6.07, 6.45) is 4.12. The van der Waals surface area contributed by atoms with E-state index in [4.69, 9.17) is 14.2 Å². The lowest BCUT2D eigenvalue weighted by molar-refractivity contribution is -0.922. The zero-order valence-corrected chi connectivity index (χ0v) is 17.7. The number of aromatic hydroxyl groups is 1. The van der Waals surface area contributed by atoms with Crippen LogP contribution in [0.15, 0.2) is 36.1 Å². The first-order valence-corrected chi connectivity index (χ1v) is 10.3. The summed E-state index contributed by atoms with van der Waals surface area (Å²) >= 11 is 0. The van der Waals surface area contributed by atoms with Crippen molar-refractivity contribution in [3.05, 3.63) is 52.8 Å². The maximum absolute atomic E-state index is 12.9. The summed E-state index contributed by atoms with van der Waals surface area (Å²) in [7, 11) is 3.15. The van der Waals surface area contributed by atoms with Crippen LogP contribution in [0.2, 0.25) is 0 Å². The van der Waals surface area contributed by atoms with Crippen LogP contribution >= 0.6 is 0 Å². The highest BCUT2D eigenvalue weighted by Gasteiger charge is 2.33. The minimum Gasteiger partial charge on any atom is -0.507 e. The molecule has 2 aromatic rings. The molecule has 1 fully saturated rings. The maximum atomic E-state index is 12.9. The van der Waals surface area contributed by atoms with Gasteiger partial charge in [-0.25, -0.2) is 0 Å². The van der Waals surface area contributed by atoms with Crippen molar-refractivity contribution in [3.8, 4) is 23.0 Å². The van der Waals surface area contributed by atoms with E-state index in [2.05, 4.69) is 6.92 Å². The van der Waals surface area contributed by atoms with Crippen molar-refractivity contribution in [2.24, 2.45) is 5.92 Å². The quantitative estimate of drug-likeness (QED) is 0.742. The van der Waals surface area contributed by atoms with Crippen molar-refractivity contribution in [2.75, 3.05) is 27.3 Å². The molecule has 6 nitrogen and oxygen atoms in total. The molecule has 2 aliphatic heterocycles. The smallest absolute Gasteiger partial charge is 0.231 e. The maximum Gasteiger partial charge on any atom is 0.231 e. The summed E-state index contributed by atoms with van der Waals surface area (Å²) in [5.41, 5.74) is 1.98. The topological polar surface area (TPSA) is 69.4 Å². The van der Waals surface area contributed by atoms with Gasteiger partial charge in [-0.3, -0.25) is 4.79 Å². The van der Waals surface area contributed by atoms with Crippen molar-refractivity contribution in [1.29, 1.82) is 0 Å². The first kappa shape index (κ1) is 20.3. The van der Waals surface area contributed by atoms with Gasteiger partial charge in [0.2, 0.25) is 5.78 Å². The number of carbonyl (C=O) groups excluding carboxylic acids is 1. The molecule has 0 amide bonds. The molecule has 0 radical (unpaired) electrons. The first-order chi connectivity index (χ1) is 14.5. The lowest BCUT2D eigenvalue weighted by atomic mass is 9.99. The number of benzene rings is 2. The molecule has 2 atom stereocenters. The lowest BCUT2D eigenvalue weighted by Gasteiger charge is -2.28. The third kappa shape index (κ3) is 3.87. The van der Waals surface area contributed by atoms with Crippen molar-refractivity contribution < 1.29 is 29.0 Å². The average Bonchev–Trinajstić information content (AvgIpc) is 3.05. The van der Waals surface area contributed by atoms with E-state index in [0.29, 0.717) is 40.8 Å². The van der Waals surface area contributed by atoms with Gasteiger partial charge in [-0.1, -0.05) is 13.0 Å². The molecule has 1 saturated heterocycles. The Morgan fingerprint density at radius 1 is 1.20 bits per heavy atom. The van der Waals surface area contributed by atoms with Gasteiger partial charge in [0.15, 0.2) is 23.0 Å². The molecule has 2 aliphatic rings. The minimum atomic E-state index is -0.178. The Morgan fingerprint density at radius 2 is 2.00 bits per heavy atom. The van der Waals surface area contributed by atoms with Crippen LogP contribution in [0.5, 0.6) is 23.0 Å². The molecule has 158 valence electrons. The van der Waals surface area contributed by atoms with Crippen LogP contribution < -0.4 is 19.1 Å². The summed E-state index contributed by atoms with van der Waals surface area (Å²) in [5.74, 6) is 2.59. The molecule has 2 N–H and O–H groups in total. The van der Waals surface area contributed by atoms with E-state index in [1.165, 1.54) is 17.7 Å². The first-order valence-electron chi connectivity index (χ1n) is 10.3. The number of phenolic OH excluding ortho intramolecular Hbond substituents is 1. The number of piperidine rings is 1. The van der Waals surface area contributed by atoms with Gasteiger partial charge in [-0.05, 0) is 48.7 Å². The molecular formula is C24H28NO5+. The third-order valence-corrected chi connectivity index (χ3v) is 5.91. The number of carbonyl (C=O) groups is 1. The standard InChI is InChI=1S/C24H27NO5/c1-15-5-4-10-25(13-15)14-18-19(26)8-7-17-23(27)22(30-24(17)18)12-16-6-9-20(28-2)21(11-16)29-3/h6-9,11-12,15,26H,4-5,10,13-14H2,1-3H3/p+1/t15-/m0/s1. The summed E-state index contributed by atoms with van der Waals surface area (Å²) in [6, 6.07) is 8.66. The van der Waals surface area contributed by atoms with E-state index >= 15 is 0 Å². The van der Waals surface area contributed by atoms with E-state index < -0.39 is 0 Å². The molecule has 0 aliphatic carbocycles. The van der Waals surface area contributed by atoms with E-state index in [-0.39, 0.29) is 17.3 Å². The van der Waals surface area contributed by atoms with Crippen molar-refractivity contribution in [1.82, 2.24) is 0 Å². The number of Topliss-reactive ketones (excluding diaryl/α,β-unsaturated/α-hetero) is 1. The Balaban J connectivity index is 1.63. The molecule has 6 heteroatoms. The second kappa shape index (κ2) is 8.40. The van der Waals surface area contributed by atoms with Crippen molar-refractivity contribution >= 4 is 11.9 Å². The second-order valence-corrected chi connectivity index (χ2v) is 8.12. The summed E-state index contributed by atoms with van der Waals surface area (Å²) in [6.45, 7) is 5.04. The van der Waals surface area contributed by atoms with Gasteiger partial charge >= 0.3 is 0 Å². The summed E-state index contributed by atoms with van der Waals surface area (Å²) in [4.78, 5) is 14.4. The zero-order chi connectivity index (χ0) is 21.3. The Morgan fingerprint density at radius 3 is 2.73 bits per heavy atom. The van der Waals surface area contributed by atoms with E-state index in [9.17, 15) is 9.90 Å². The number of ketones is 1. The monoisotopic (exact) mass is 410 g/mol. The van der Waals surface area contributed by atoms with Gasteiger partial charge < -0.3 is 24.2 Å². The molecular weight excluding hydrogens is 382 g/mol. The highest BCUT2D eigenvalue weighted by atomic mass is 16.5. The van der Waals surface area contributed by atoms with Gasteiger partial charge in [-0.15, -0.1) is 0 Å². The van der Waals surface area contributed by atoms with Crippen LogP contribution in [0.1, 0.15) is 41.3 Å². The zero-order valence-electron chi connectivity index (χ0n) is 17.7. The average molecular weight is 410 g/mol. The van der Waals surface area contributed by atoms with Gasteiger partial charge in [0.1, 0.15) is 12.3 Å². The van der Waals surface area contributed by atoms with Crippen molar-refractivity contribution in [3.63, 3.8) is 0 Å². The molecule has 30 heavy (non-hydrogen) atoms. The number of quaternary nitrogens is 1. The number of rotatable bonds is 5. The van der Waals surface area contributed by atoms with E-state index in [1.807, 2.05) is 6.07 Å². The number of ether oxygens (including phenoxy) is 3. The fourth-order valence-corrected chi connectivity index (χ4v) is 4.37. The number of methoxy groups -OCH3 is 2. The molecule has 1 unspecified atom stereocenters. The van der Waals surface area contributed by atoms with Crippen LogP contribution in [0, 0.1) is 5.92 Å². The Bertz CT molecular complexity index is 997. The number of hydrogen-bond acceptors (Lipinski definition) is 5. The van der Waals surface area contributed by atoms with Crippen LogP contribution in [-0.4, -0.2) is 38.2 Å². The number of hydrogen-bond donors (Lipinski definition) is 2. The number of allylic oxidation sites excluding steroid dienone is 1. The fraction of sp³-hybridized carbons (Fsp3) is 0.375.